The summed E-state index contributed by atoms with van der Waals surface area (Å²) in [7, 11) is 0. The van der Waals surface area contributed by atoms with E-state index < -0.39 is 17.7 Å². The van der Waals surface area contributed by atoms with Gasteiger partial charge in [-0.15, -0.1) is 0 Å². The summed E-state index contributed by atoms with van der Waals surface area (Å²) >= 11 is 13.7. The molecule has 0 spiro atoms. The number of hydrogen-bond acceptors (Lipinski definition) is 6. The molecule has 2 heterocycles. The number of nitrogens with zero attached hydrogens (tertiary/aromatic N) is 2. The van der Waals surface area contributed by atoms with Crippen molar-refractivity contribution < 1.29 is 19.4 Å². The van der Waals surface area contributed by atoms with Crippen LogP contribution in [0.2, 0.25) is 10.0 Å². The highest BCUT2D eigenvalue weighted by atomic mass is 35.5. The van der Waals surface area contributed by atoms with E-state index in [1.54, 1.807) is 60.7 Å². The maximum Gasteiger partial charge on any atom is 0.301 e. The number of thiazole rings is 1. The number of ether oxygens (including phenoxy) is 1. The number of Topliss-reactive ketones (excluding diaryl/α,β-unsaturated/α-hetero) is 1. The van der Waals surface area contributed by atoms with Crippen molar-refractivity contribution in [3.05, 3.63) is 93.5 Å². The number of hydrogen-bond donors (Lipinski definition) is 1. The van der Waals surface area contributed by atoms with E-state index in [1.807, 2.05) is 13.0 Å². The van der Waals surface area contributed by atoms with E-state index >= 15 is 0 Å². The summed E-state index contributed by atoms with van der Waals surface area (Å²) in [6.45, 7) is 2.41. The average Bonchev–Trinajstić information content (AvgIpc) is 3.39. The van der Waals surface area contributed by atoms with Gasteiger partial charge in [0.15, 0.2) is 5.13 Å². The van der Waals surface area contributed by atoms with E-state index in [0.717, 1.165) is 4.70 Å². The van der Waals surface area contributed by atoms with Crippen LogP contribution in [0.1, 0.15) is 24.1 Å². The monoisotopic (exact) mass is 524 g/mol. The molecule has 35 heavy (non-hydrogen) atoms. The number of aliphatic hydroxyl groups is 1. The number of carbonyl (C=O) groups excluding carboxylic acids is 2. The van der Waals surface area contributed by atoms with Gasteiger partial charge in [-0.25, -0.2) is 4.98 Å². The molecule has 0 bridgehead atoms. The quantitative estimate of drug-likeness (QED) is 0.180. The fraction of sp³-hybridized carbons (Fsp3) is 0.115. The van der Waals surface area contributed by atoms with Crippen LogP contribution >= 0.6 is 34.5 Å². The van der Waals surface area contributed by atoms with Crippen LogP contribution in [-0.2, 0) is 9.59 Å². The number of benzene rings is 3. The zero-order valence-corrected chi connectivity index (χ0v) is 20.7. The number of halogens is 2. The number of anilines is 1. The SMILES string of the molecule is CCOc1ccc2nc(N3C(=O)C(=O)/C(=C(/O)c4ccccc4)C3c3ccc(Cl)c(Cl)c3)sc2c1. The van der Waals surface area contributed by atoms with Crippen molar-refractivity contribution in [1.82, 2.24) is 4.98 Å². The number of carbonyl (C=O) groups is 2. The van der Waals surface area contributed by atoms with Crippen LogP contribution in [0.15, 0.2) is 72.3 Å². The minimum Gasteiger partial charge on any atom is -0.507 e. The maximum absolute atomic E-state index is 13.3. The van der Waals surface area contributed by atoms with E-state index in [2.05, 4.69) is 4.98 Å². The Bertz CT molecular complexity index is 1500. The summed E-state index contributed by atoms with van der Waals surface area (Å²) in [5.74, 6) is -1.19. The summed E-state index contributed by atoms with van der Waals surface area (Å²) in [6, 6.07) is 18.0. The highest BCUT2D eigenvalue weighted by molar-refractivity contribution is 7.22. The first-order valence-electron chi connectivity index (χ1n) is 10.7. The Morgan fingerprint density at radius 2 is 1.83 bits per heavy atom. The molecule has 5 rings (SSSR count). The normalized spacial score (nSPS) is 17.3. The van der Waals surface area contributed by atoms with Crippen molar-refractivity contribution in [2.75, 3.05) is 11.5 Å². The average molecular weight is 525 g/mol. The minimum absolute atomic E-state index is 0.0474. The van der Waals surface area contributed by atoms with Gasteiger partial charge in [0.2, 0.25) is 0 Å². The summed E-state index contributed by atoms with van der Waals surface area (Å²) in [5.41, 5.74) is 1.55. The fourth-order valence-corrected chi connectivity index (χ4v) is 5.36. The lowest BCUT2D eigenvalue weighted by Crippen LogP contribution is -2.29. The van der Waals surface area contributed by atoms with Gasteiger partial charge in [0.05, 0.1) is 38.5 Å². The second-order valence-electron chi connectivity index (χ2n) is 7.77. The fourth-order valence-electron chi connectivity index (χ4n) is 4.03. The molecule has 176 valence electrons. The van der Waals surface area contributed by atoms with Crippen molar-refractivity contribution >= 4 is 67.3 Å². The lowest BCUT2D eigenvalue weighted by atomic mass is 9.95. The molecular formula is C26H18Cl2N2O4S. The molecule has 0 aliphatic carbocycles. The molecule has 3 aromatic carbocycles. The molecular weight excluding hydrogens is 507 g/mol. The second kappa shape index (κ2) is 9.34. The van der Waals surface area contributed by atoms with Crippen molar-refractivity contribution in [1.29, 1.82) is 0 Å². The Labute approximate surface area is 215 Å². The van der Waals surface area contributed by atoms with E-state index in [0.29, 0.717) is 39.2 Å². The van der Waals surface area contributed by atoms with Crippen LogP contribution in [0.5, 0.6) is 5.75 Å². The Morgan fingerprint density at radius 1 is 1.06 bits per heavy atom. The predicted molar refractivity (Wildman–Crippen MR) is 138 cm³/mol. The van der Waals surface area contributed by atoms with Crippen molar-refractivity contribution in [3.63, 3.8) is 0 Å². The summed E-state index contributed by atoms with van der Waals surface area (Å²) in [4.78, 5) is 32.6. The van der Waals surface area contributed by atoms with Gasteiger partial charge in [0, 0.05) is 5.56 Å². The van der Waals surface area contributed by atoms with Gasteiger partial charge in [-0.1, -0.05) is 70.9 Å². The minimum atomic E-state index is -0.947. The Hall–Kier alpha value is -3.39. The molecule has 1 atom stereocenters. The van der Waals surface area contributed by atoms with Gasteiger partial charge in [-0.05, 0) is 42.8 Å². The number of amides is 1. The zero-order chi connectivity index (χ0) is 24.7. The van der Waals surface area contributed by atoms with Crippen LogP contribution in [0, 0.1) is 0 Å². The predicted octanol–water partition coefficient (Wildman–Crippen LogP) is 6.63. The van der Waals surface area contributed by atoms with E-state index in [4.69, 9.17) is 27.9 Å². The number of ketones is 1. The van der Waals surface area contributed by atoms with E-state index in [9.17, 15) is 14.7 Å². The van der Waals surface area contributed by atoms with E-state index in [-0.39, 0.29) is 16.4 Å². The van der Waals surface area contributed by atoms with Crippen molar-refractivity contribution in [2.24, 2.45) is 0 Å². The molecule has 0 saturated carbocycles. The highest BCUT2D eigenvalue weighted by Gasteiger charge is 2.48. The molecule has 4 aromatic rings. The second-order valence-corrected chi connectivity index (χ2v) is 9.59. The number of aromatic nitrogens is 1. The first kappa shape index (κ1) is 23.4. The topological polar surface area (TPSA) is 79.7 Å². The van der Waals surface area contributed by atoms with Crippen LogP contribution < -0.4 is 9.64 Å². The van der Waals surface area contributed by atoms with Crippen molar-refractivity contribution in [3.8, 4) is 5.75 Å². The summed E-state index contributed by atoms with van der Waals surface area (Å²) < 4.78 is 6.37. The number of aliphatic hydroxyl groups excluding tert-OH is 1. The Balaban J connectivity index is 1.71. The third-order valence-electron chi connectivity index (χ3n) is 5.62. The molecule has 6 nitrogen and oxygen atoms in total. The standard InChI is InChI=1S/C26H18Cl2N2O4S/c1-2-34-16-9-11-19-20(13-16)35-26(29-19)30-22(15-8-10-17(27)18(28)12-15)21(24(32)25(30)33)23(31)14-6-4-3-5-7-14/h3-13,22,31H,2H2,1H3/b23-21+. The molecule has 1 aliphatic heterocycles. The van der Waals surface area contributed by atoms with Gasteiger partial charge in [0.25, 0.3) is 5.78 Å². The highest BCUT2D eigenvalue weighted by Crippen LogP contribution is 2.45. The largest absolute Gasteiger partial charge is 0.507 e. The number of rotatable bonds is 5. The lowest BCUT2D eigenvalue weighted by Gasteiger charge is -2.23. The smallest absolute Gasteiger partial charge is 0.301 e. The van der Waals surface area contributed by atoms with Crippen LogP contribution in [-0.4, -0.2) is 28.4 Å². The third kappa shape index (κ3) is 4.16. The van der Waals surface area contributed by atoms with Gasteiger partial charge >= 0.3 is 5.91 Å². The first-order valence-corrected chi connectivity index (χ1v) is 12.3. The maximum atomic E-state index is 13.3. The molecule has 1 aliphatic rings. The van der Waals surface area contributed by atoms with Gasteiger partial charge in [-0.3, -0.25) is 14.5 Å². The van der Waals surface area contributed by atoms with Crippen LogP contribution in [0.4, 0.5) is 5.13 Å². The number of fused-ring (bicyclic) bond motifs is 1. The molecule has 1 aromatic heterocycles. The molecule has 1 fully saturated rings. The molecule has 0 radical (unpaired) electrons. The Morgan fingerprint density at radius 3 is 2.54 bits per heavy atom. The molecule has 9 heteroatoms. The molecule has 1 amide bonds. The van der Waals surface area contributed by atoms with E-state index in [1.165, 1.54) is 16.2 Å². The van der Waals surface area contributed by atoms with Crippen LogP contribution in [0.25, 0.3) is 16.0 Å². The molecule has 1 unspecified atom stereocenters. The van der Waals surface area contributed by atoms with Gasteiger partial charge in [0.1, 0.15) is 11.5 Å². The van der Waals surface area contributed by atoms with Crippen molar-refractivity contribution in [2.45, 2.75) is 13.0 Å². The molecule has 1 N–H and O–H groups in total. The zero-order valence-electron chi connectivity index (χ0n) is 18.4. The third-order valence-corrected chi connectivity index (χ3v) is 7.37. The van der Waals surface area contributed by atoms with Gasteiger partial charge in [-0.2, -0.15) is 0 Å². The Kier molecular flexibility index (Phi) is 6.23. The summed E-state index contributed by atoms with van der Waals surface area (Å²) in [6.07, 6.45) is 0. The summed E-state index contributed by atoms with van der Waals surface area (Å²) in [5, 5.41) is 12.1. The van der Waals surface area contributed by atoms with Gasteiger partial charge < -0.3 is 9.84 Å². The first-order chi connectivity index (χ1) is 16.9. The van der Waals surface area contributed by atoms with Crippen LogP contribution in [0.3, 0.4) is 0 Å². The lowest BCUT2D eigenvalue weighted by molar-refractivity contribution is -0.132. The molecule has 1 saturated heterocycles.